The van der Waals surface area contributed by atoms with Crippen LogP contribution in [0.15, 0.2) is 0 Å². The van der Waals surface area contributed by atoms with Gasteiger partial charge in [0.25, 0.3) is 0 Å². The van der Waals surface area contributed by atoms with E-state index < -0.39 is 66.2 Å². The Morgan fingerprint density at radius 2 is 1.25 bits per heavy atom. The number of nitrogens with two attached hydrogens (primary N) is 3. The number of nitrogens with one attached hydrogen (secondary N) is 3. The minimum absolute atomic E-state index is 0.224. The molecule has 13 nitrogen and oxygen atoms in total. The molecule has 0 aromatic heterocycles. The third kappa shape index (κ3) is 13.4. The minimum atomic E-state index is -1.31. The van der Waals surface area contributed by atoms with Crippen molar-refractivity contribution in [2.24, 2.45) is 23.1 Å². The molecule has 0 saturated heterocycles. The quantitative estimate of drug-likeness (QED) is 0.0919. The summed E-state index contributed by atoms with van der Waals surface area (Å²) in [5.74, 6) is -4.87. The summed E-state index contributed by atoms with van der Waals surface area (Å²) in [5, 5.41) is 26.0. The fourth-order valence-electron chi connectivity index (χ4n) is 3.43. The summed E-state index contributed by atoms with van der Waals surface area (Å²) in [5.41, 5.74) is 16.9. The van der Waals surface area contributed by atoms with E-state index in [0.717, 1.165) is 0 Å². The molecule has 13 heteroatoms. The molecule has 3 amide bonds. The summed E-state index contributed by atoms with van der Waals surface area (Å²) in [6.45, 7) is 4.28. The average molecular weight is 517 g/mol. The Hall–Kier alpha value is -2.77. The molecule has 5 atom stereocenters. The van der Waals surface area contributed by atoms with Crippen molar-refractivity contribution in [3.63, 3.8) is 0 Å². The Morgan fingerprint density at radius 3 is 1.75 bits per heavy atom. The van der Waals surface area contributed by atoms with Gasteiger partial charge in [0.05, 0.1) is 6.04 Å². The molecule has 0 bridgehead atoms. The number of carbonyl (C=O) groups excluding carboxylic acids is 3. The first-order chi connectivity index (χ1) is 17.0. The third-order valence-electron chi connectivity index (χ3n) is 5.94. The lowest BCUT2D eigenvalue weighted by molar-refractivity contribution is -0.144. The van der Waals surface area contributed by atoms with Crippen LogP contribution in [0.5, 0.6) is 0 Å². The molecular formula is C23H44N6O7. The summed E-state index contributed by atoms with van der Waals surface area (Å²) in [4.78, 5) is 61.2. The second-order valence-electron chi connectivity index (χ2n) is 8.94. The van der Waals surface area contributed by atoms with E-state index in [2.05, 4.69) is 16.0 Å². The van der Waals surface area contributed by atoms with Crippen LogP contribution >= 0.6 is 0 Å². The van der Waals surface area contributed by atoms with Crippen LogP contribution in [0.3, 0.4) is 0 Å². The first-order valence-electron chi connectivity index (χ1n) is 12.5. The Kier molecular flexibility index (Phi) is 17.1. The smallest absolute Gasteiger partial charge is 0.326 e. The van der Waals surface area contributed by atoms with Crippen molar-refractivity contribution in [2.75, 3.05) is 13.1 Å². The van der Waals surface area contributed by atoms with Gasteiger partial charge in [-0.05, 0) is 57.5 Å². The maximum atomic E-state index is 13.1. The third-order valence-corrected chi connectivity index (χ3v) is 5.94. The number of hydrogen-bond acceptors (Lipinski definition) is 8. The molecule has 0 aliphatic carbocycles. The minimum Gasteiger partial charge on any atom is -0.481 e. The van der Waals surface area contributed by atoms with Gasteiger partial charge in [0.1, 0.15) is 18.1 Å². The molecule has 0 rings (SSSR count). The van der Waals surface area contributed by atoms with E-state index in [9.17, 15) is 29.1 Å². The SMILES string of the molecule is CCC(C)C(NC(=O)C(CCC(=O)O)NC(=O)C(CCCCN)NC(=O)C(N)CCCCN)C(=O)O. The number of carboxylic acids is 2. The van der Waals surface area contributed by atoms with Gasteiger partial charge in [-0.15, -0.1) is 0 Å². The monoisotopic (exact) mass is 516 g/mol. The van der Waals surface area contributed by atoms with Crippen molar-refractivity contribution in [1.29, 1.82) is 0 Å². The average Bonchev–Trinajstić information content (AvgIpc) is 2.83. The molecule has 0 heterocycles. The number of amides is 3. The van der Waals surface area contributed by atoms with E-state index >= 15 is 0 Å². The number of hydrogen-bond donors (Lipinski definition) is 8. The van der Waals surface area contributed by atoms with Crippen LogP contribution in [0.1, 0.15) is 71.6 Å². The van der Waals surface area contributed by atoms with Crippen LogP contribution in [-0.4, -0.2) is 77.1 Å². The Labute approximate surface area is 212 Å². The molecule has 0 aromatic carbocycles. The topological polar surface area (TPSA) is 240 Å². The van der Waals surface area contributed by atoms with E-state index in [1.165, 1.54) is 0 Å². The number of carboxylic acid groups (broad SMARTS) is 2. The summed E-state index contributed by atoms with van der Waals surface area (Å²) < 4.78 is 0. The van der Waals surface area contributed by atoms with Crippen LogP contribution in [0.2, 0.25) is 0 Å². The zero-order valence-corrected chi connectivity index (χ0v) is 21.3. The van der Waals surface area contributed by atoms with E-state index in [-0.39, 0.29) is 12.8 Å². The highest BCUT2D eigenvalue weighted by Gasteiger charge is 2.32. The van der Waals surface area contributed by atoms with Crippen molar-refractivity contribution in [1.82, 2.24) is 16.0 Å². The van der Waals surface area contributed by atoms with E-state index in [1.807, 2.05) is 0 Å². The highest BCUT2D eigenvalue weighted by atomic mass is 16.4. The lowest BCUT2D eigenvalue weighted by atomic mass is 9.98. The Balaban J connectivity index is 5.56. The molecule has 208 valence electrons. The standard InChI is InChI=1S/C23H44N6O7/c1-3-14(2)19(23(35)36)29-22(34)17(10-11-18(30)31)28-21(33)16(9-5-7-13-25)27-20(32)15(26)8-4-6-12-24/h14-17,19H,3-13,24-26H2,1-2H3,(H,27,32)(H,28,33)(H,29,34)(H,30,31)(H,35,36). The molecule has 11 N–H and O–H groups in total. The van der Waals surface area contributed by atoms with Gasteiger partial charge in [-0.3, -0.25) is 19.2 Å². The molecule has 0 aliphatic heterocycles. The number of rotatable bonds is 20. The van der Waals surface area contributed by atoms with Crippen LogP contribution in [-0.2, 0) is 24.0 Å². The Morgan fingerprint density at radius 1 is 0.750 bits per heavy atom. The molecule has 0 aromatic rings. The summed E-state index contributed by atoms with van der Waals surface area (Å²) >= 11 is 0. The normalized spacial score (nSPS) is 15.1. The predicted octanol–water partition coefficient (Wildman–Crippen LogP) is -0.978. The second kappa shape index (κ2) is 18.5. The van der Waals surface area contributed by atoms with Crippen molar-refractivity contribution < 1.29 is 34.2 Å². The molecule has 0 radical (unpaired) electrons. The van der Waals surface area contributed by atoms with Crippen molar-refractivity contribution in [2.45, 2.75) is 95.8 Å². The molecule has 0 fully saturated rings. The molecule has 0 spiro atoms. The second-order valence-corrected chi connectivity index (χ2v) is 8.94. The zero-order valence-electron chi connectivity index (χ0n) is 21.3. The predicted molar refractivity (Wildman–Crippen MR) is 134 cm³/mol. The fourth-order valence-corrected chi connectivity index (χ4v) is 3.43. The van der Waals surface area contributed by atoms with Crippen molar-refractivity contribution >= 4 is 29.7 Å². The van der Waals surface area contributed by atoms with Gasteiger partial charge >= 0.3 is 11.9 Å². The van der Waals surface area contributed by atoms with Crippen molar-refractivity contribution in [3.05, 3.63) is 0 Å². The largest absolute Gasteiger partial charge is 0.481 e. The first kappa shape index (κ1) is 33.2. The van der Waals surface area contributed by atoms with E-state index in [4.69, 9.17) is 22.3 Å². The van der Waals surface area contributed by atoms with Crippen LogP contribution in [0.4, 0.5) is 0 Å². The lowest BCUT2D eigenvalue weighted by Gasteiger charge is -2.26. The highest BCUT2D eigenvalue weighted by Crippen LogP contribution is 2.10. The summed E-state index contributed by atoms with van der Waals surface area (Å²) in [6, 6.07) is -4.40. The van der Waals surface area contributed by atoms with Crippen molar-refractivity contribution in [3.8, 4) is 0 Å². The van der Waals surface area contributed by atoms with Gasteiger partial charge in [-0.25, -0.2) is 4.79 Å². The molecule has 0 aliphatic rings. The van der Waals surface area contributed by atoms with Gasteiger partial charge in [-0.2, -0.15) is 0 Å². The molecule has 0 saturated carbocycles. The van der Waals surface area contributed by atoms with Gasteiger partial charge in [-0.1, -0.05) is 26.7 Å². The fraction of sp³-hybridized carbons (Fsp3) is 0.783. The van der Waals surface area contributed by atoms with Crippen LogP contribution < -0.4 is 33.2 Å². The Bertz CT molecular complexity index is 721. The number of unbranched alkanes of at least 4 members (excludes halogenated alkanes) is 2. The van der Waals surface area contributed by atoms with Crippen LogP contribution in [0, 0.1) is 5.92 Å². The number of carbonyl (C=O) groups is 5. The molecule has 5 unspecified atom stereocenters. The van der Waals surface area contributed by atoms with Crippen LogP contribution in [0.25, 0.3) is 0 Å². The zero-order chi connectivity index (χ0) is 27.7. The van der Waals surface area contributed by atoms with Gasteiger partial charge in [0, 0.05) is 6.42 Å². The summed E-state index contributed by atoms with van der Waals surface area (Å²) in [6.07, 6.45) is 2.85. The van der Waals surface area contributed by atoms with Gasteiger partial charge < -0.3 is 43.4 Å². The maximum Gasteiger partial charge on any atom is 0.326 e. The number of aliphatic carboxylic acids is 2. The molecule has 36 heavy (non-hydrogen) atoms. The molecular weight excluding hydrogens is 472 g/mol. The van der Waals surface area contributed by atoms with Gasteiger partial charge in [0.15, 0.2) is 0 Å². The summed E-state index contributed by atoms with van der Waals surface area (Å²) in [7, 11) is 0. The first-order valence-corrected chi connectivity index (χ1v) is 12.5. The van der Waals surface area contributed by atoms with Gasteiger partial charge in [0.2, 0.25) is 17.7 Å². The highest BCUT2D eigenvalue weighted by molar-refractivity contribution is 5.94. The van der Waals surface area contributed by atoms with E-state index in [0.29, 0.717) is 51.6 Å². The van der Waals surface area contributed by atoms with E-state index in [1.54, 1.807) is 13.8 Å². The lowest BCUT2D eigenvalue weighted by Crippen LogP contribution is -2.57. The maximum absolute atomic E-state index is 13.1.